The molecule has 0 bridgehead atoms. The number of hydrogen-bond donors (Lipinski definition) is 1. The van der Waals surface area contributed by atoms with Crippen molar-refractivity contribution in [2.24, 2.45) is 0 Å². The van der Waals surface area contributed by atoms with Gasteiger partial charge in [-0.05, 0) is 34.1 Å². The predicted octanol–water partition coefficient (Wildman–Crippen LogP) is 2.68. The van der Waals surface area contributed by atoms with Crippen LogP contribution in [0.25, 0.3) is 0 Å². The van der Waals surface area contributed by atoms with Gasteiger partial charge in [-0.25, -0.2) is 4.79 Å². The zero-order valence-corrected chi connectivity index (χ0v) is 10.3. The molecule has 0 aromatic rings. The summed E-state index contributed by atoms with van der Waals surface area (Å²) in [6.45, 7) is 7.50. The number of alkyl halides is 1. The molecule has 0 aromatic carbocycles. The first-order valence-electron chi connectivity index (χ1n) is 4.40. The molecule has 0 aliphatic heterocycles. The van der Waals surface area contributed by atoms with E-state index < -0.39 is 5.60 Å². The van der Waals surface area contributed by atoms with Crippen LogP contribution in [0.1, 0.15) is 34.1 Å². The van der Waals surface area contributed by atoms with Crippen LogP contribution in [-0.4, -0.2) is 23.1 Å². The standard InChI is InChI=1S/C9H18BrNO2/c1-7(5-6-10)11-8(12)13-9(2,3)4/h7H,5-6H2,1-4H3,(H,11,12)/t7-/m0/s1. The normalized spacial score (nSPS) is 13.6. The molecule has 1 N–H and O–H groups in total. The summed E-state index contributed by atoms with van der Waals surface area (Å²) in [6, 6.07) is 0.147. The minimum absolute atomic E-state index is 0.147. The van der Waals surface area contributed by atoms with E-state index >= 15 is 0 Å². The Morgan fingerprint density at radius 1 is 1.54 bits per heavy atom. The molecule has 0 fully saturated rings. The van der Waals surface area contributed by atoms with Crippen LogP contribution in [0, 0.1) is 0 Å². The molecule has 78 valence electrons. The molecule has 1 amide bonds. The first kappa shape index (κ1) is 12.8. The molecule has 0 saturated carbocycles. The van der Waals surface area contributed by atoms with E-state index in [0.29, 0.717) is 0 Å². The molecule has 0 radical (unpaired) electrons. The number of nitrogens with one attached hydrogen (secondary N) is 1. The number of ether oxygens (including phenoxy) is 1. The van der Waals surface area contributed by atoms with Crippen LogP contribution in [0.15, 0.2) is 0 Å². The van der Waals surface area contributed by atoms with E-state index in [1.54, 1.807) is 0 Å². The first-order valence-corrected chi connectivity index (χ1v) is 5.53. The van der Waals surface area contributed by atoms with Crippen LogP contribution in [0.3, 0.4) is 0 Å². The molecule has 0 saturated heterocycles. The third kappa shape index (κ3) is 8.09. The van der Waals surface area contributed by atoms with Crippen LogP contribution < -0.4 is 5.32 Å². The highest BCUT2D eigenvalue weighted by Crippen LogP contribution is 2.07. The van der Waals surface area contributed by atoms with E-state index in [9.17, 15) is 4.79 Å². The van der Waals surface area contributed by atoms with Gasteiger partial charge in [0.25, 0.3) is 0 Å². The van der Waals surface area contributed by atoms with Crippen LogP contribution in [0.4, 0.5) is 4.79 Å². The first-order chi connectivity index (χ1) is 5.85. The summed E-state index contributed by atoms with van der Waals surface area (Å²) in [6.07, 6.45) is 0.556. The predicted molar refractivity (Wildman–Crippen MR) is 57.2 cm³/mol. The van der Waals surface area contributed by atoms with Gasteiger partial charge in [-0.15, -0.1) is 0 Å². The average Bonchev–Trinajstić information content (AvgIpc) is 1.81. The maximum atomic E-state index is 11.2. The largest absolute Gasteiger partial charge is 0.444 e. The van der Waals surface area contributed by atoms with Crippen LogP contribution in [0.5, 0.6) is 0 Å². The lowest BCUT2D eigenvalue weighted by Crippen LogP contribution is -2.37. The quantitative estimate of drug-likeness (QED) is 0.784. The number of carbonyl (C=O) groups is 1. The number of alkyl carbamates (subject to hydrolysis) is 1. The highest BCUT2D eigenvalue weighted by Gasteiger charge is 2.17. The van der Waals surface area contributed by atoms with Gasteiger partial charge in [0.2, 0.25) is 0 Å². The van der Waals surface area contributed by atoms with Gasteiger partial charge in [0.1, 0.15) is 5.60 Å². The van der Waals surface area contributed by atoms with Gasteiger partial charge in [0, 0.05) is 11.4 Å². The van der Waals surface area contributed by atoms with Crippen molar-refractivity contribution in [3.63, 3.8) is 0 Å². The maximum absolute atomic E-state index is 11.2. The van der Waals surface area contributed by atoms with Gasteiger partial charge in [0.15, 0.2) is 0 Å². The number of amides is 1. The van der Waals surface area contributed by atoms with Crippen molar-refractivity contribution in [1.82, 2.24) is 5.32 Å². The minimum atomic E-state index is -0.418. The van der Waals surface area contributed by atoms with E-state index in [1.807, 2.05) is 27.7 Å². The number of carbonyl (C=O) groups excluding carboxylic acids is 1. The second kappa shape index (κ2) is 5.47. The van der Waals surface area contributed by atoms with Gasteiger partial charge in [-0.3, -0.25) is 0 Å². The summed E-state index contributed by atoms with van der Waals surface area (Å²) >= 11 is 3.31. The summed E-state index contributed by atoms with van der Waals surface area (Å²) in [5.74, 6) is 0. The highest BCUT2D eigenvalue weighted by atomic mass is 79.9. The zero-order chi connectivity index (χ0) is 10.5. The van der Waals surface area contributed by atoms with Crippen molar-refractivity contribution in [3.8, 4) is 0 Å². The lowest BCUT2D eigenvalue weighted by molar-refractivity contribution is 0.0508. The van der Waals surface area contributed by atoms with E-state index in [-0.39, 0.29) is 12.1 Å². The topological polar surface area (TPSA) is 38.3 Å². The van der Waals surface area contributed by atoms with Gasteiger partial charge in [-0.2, -0.15) is 0 Å². The van der Waals surface area contributed by atoms with Crippen molar-refractivity contribution in [3.05, 3.63) is 0 Å². The monoisotopic (exact) mass is 251 g/mol. The molecule has 0 unspecified atom stereocenters. The van der Waals surface area contributed by atoms with Crippen molar-refractivity contribution >= 4 is 22.0 Å². The second-order valence-electron chi connectivity index (χ2n) is 4.02. The van der Waals surface area contributed by atoms with Crippen molar-refractivity contribution in [2.75, 3.05) is 5.33 Å². The molecule has 4 heteroatoms. The van der Waals surface area contributed by atoms with E-state index in [2.05, 4.69) is 21.2 Å². The van der Waals surface area contributed by atoms with Gasteiger partial charge >= 0.3 is 6.09 Å². The Bertz CT molecular complexity index is 165. The molecule has 0 spiro atoms. The van der Waals surface area contributed by atoms with Gasteiger partial charge in [0.05, 0.1) is 0 Å². The Morgan fingerprint density at radius 2 is 2.08 bits per heavy atom. The van der Waals surface area contributed by atoms with Crippen LogP contribution >= 0.6 is 15.9 Å². The van der Waals surface area contributed by atoms with Crippen LogP contribution in [0.2, 0.25) is 0 Å². The Balaban J connectivity index is 3.74. The Hall–Kier alpha value is -0.250. The Labute approximate surface area is 88.4 Å². The second-order valence-corrected chi connectivity index (χ2v) is 4.82. The van der Waals surface area contributed by atoms with Gasteiger partial charge in [-0.1, -0.05) is 15.9 Å². The van der Waals surface area contributed by atoms with Crippen molar-refractivity contribution in [1.29, 1.82) is 0 Å². The number of rotatable bonds is 3. The summed E-state index contributed by atoms with van der Waals surface area (Å²) in [5, 5.41) is 3.63. The third-order valence-corrected chi connectivity index (χ3v) is 1.76. The van der Waals surface area contributed by atoms with Crippen LogP contribution in [-0.2, 0) is 4.74 Å². The molecule has 0 heterocycles. The molecule has 13 heavy (non-hydrogen) atoms. The highest BCUT2D eigenvalue weighted by molar-refractivity contribution is 9.09. The maximum Gasteiger partial charge on any atom is 0.407 e. The zero-order valence-electron chi connectivity index (χ0n) is 8.69. The van der Waals surface area contributed by atoms with E-state index in [1.165, 1.54) is 0 Å². The SMILES string of the molecule is C[C@@H](CCBr)NC(=O)OC(C)(C)C. The fraction of sp³-hybridized carbons (Fsp3) is 0.889. The molecule has 0 aliphatic rings. The number of halogens is 1. The molecular formula is C9H18BrNO2. The number of hydrogen-bond acceptors (Lipinski definition) is 2. The molecule has 0 rings (SSSR count). The summed E-state index contributed by atoms with van der Waals surface area (Å²) in [7, 11) is 0. The lowest BCUT2D eigenvalue weighted by atomic mass is 10.2. The summed E-state index contributed by atoms with van der Waals surface area (Å²) in [4.78, 5) is 11.2. The molecule has 0 aliphatic carbocycles. The minimum Gasteiger partial charge on any atom is -0.444 e. The fourth-order valence-electron chi connectivity index (χ4n) is 0.745. The Morgan fingerprint density at radius 3 is 2.46 bits per heavy atom. The van der Waals surface area contributed by atoms with Crippen molar-refractivity contribution < 1.29 is 9.53 Å². The Kier molecular flexibility index (Phi) is 5.37. The smallest absolute Gasteiger partial charge is 0.407 e. The van der Waals surface area contributed by atoms with E-state index in [4.69, 9.17) is 4.74 Å². The average molecular weight is 252 g/mol. The molecule has 0 aromatic heterocycles. The molecule has 1 atom stereocenters. The molecule has 3 nitrogen and oxygen atoms in total. The summed E-state index contributed by atoms with van der Waals surface area (Å²) in [5.41, 5.74) is -0.418. The van der Waals surface area contributed by atoms with E-state index in [0.717, 1.165) is 11.8 Å². The van der Waals surface area contributed by atoms with Gasteiger partial charge < -0.3 is 10.1 Å². The molecular weight excluding hydrogens is 234 g/mol. The summed E-state index contributed by atoms with van der Waals surface area (Å²) < 4.78 is 5.09. The lowest BCUT2D eigenvalue weighted by Gasteiger charge is -2.21. The third-order valence-electron chi connectivity index (χ3n) is 1.31. The van der Waals surface area contributed by atoms with Crippen molar-refractivity contribution in [2.45, 2.75) is 45.8 Å². The fourth-order valence-corrected chi connectivity index (χ4v) is 1.43.